The summed E-state index contributed by atoms with van der Waals surface area (Å²) >= 11 is 0. The van der Waals surface area contributed by atoms with Crippen molar-refractivity contribution < 1.29 is 37.8 Å². The van der Waals surface area contributed by atoms with E-state index in [9.17, 15) is 33.1 Å². The van der Waals surface area contributed by atoms with Gasteiger partial charge >= 0.3 is 11.9 Å². The number of carboxylic acid groups (broad SMARTS) is 1. The molecular weight excluding hydrogens is 652 g/mol. The molecule has 1 aliphatic heterocycles. The number of rotatable bonds is 7. The molecule has 260 valence electrons. The highest BCUT2D eigenvalue weighted by Crippen LogP contribution is 2.35. The number of nitrogens with zero attached hydrogens (tertiary/aromatic N) is 4. The second-order valence-corrected chi connectivity index (χ2v) is 12.7. The number of amides is 2. The van der Waals surface area contributed by atoms with Crippen LogP contribution < -0.4 is 16.4 Å². The second-order valence-electron chi connectivity index (χ2n) is 12.7. The molecule has 0 unspecified atom stereocenters. The number of hydrogen-bond donors (Lipinski definition) is 4. The Balaban J connectivity index is 0.000000732. The summed E-state index contributed by atoms with van der Waals surface area (Å²) in [5.74, 6) is -5.33. The van der Waals surface area contributed by atoms with Crippen molar-refractivity contribution in [2.24, 2.45) is 10.7 Å². The highest BCUT2D eigenvalue weighted by atomic mass is 19.2. The molecule has 0 saturated heterocycles. The van der Waals surface area contributed by atoms with Gasteiger partial charge in [-0.05, 0) is 87.1 Å². The first-order valence-electron chi connectivity index (χ1n) is 15.6. The number of aliphatic imine (C=N–C) groups is 1. The van der Waals surface area contributed by atoms with E-state index in [-0.39, 0.29) is 34.7 Å². The van der Waals surface area contributed by atoms with Crippen molar-refractivity contribution in [3.05, 3.63) is 111 Å². The molecule has 0 bridgehead atoms. The highest BCUT2D eigenvalue weighted by Gasteiger charge is 2.30. The third kappa shape index (κ3) is 7.83. The number of carboxylic acids is 1. The quantitative estimate of drug-likeness (QED) is 0.206. The molecule has 6 rings (SSSR count). The Morgan fingerprint density at radius 2 is 1.82 bits per heavy atom. The molecule has 4 aromatic rings. The summed E-state index contributed by atoms with van der Waals surface area (Å²) in [5, 5.41) is 19.1. The Morgan fingerprint density at radius 3 is 2.44 bits per heavy atom. The van der Waals surface area contributed by atoms with Gasteiger partial charge in [0.1, 0.15) is 22.6 Å². The normalized spacial score (nSPS) is 14.8. The molecule has 50 heavy (non-hydrogen) atoms. The number of allylic oxidation sites excluding steroid dienone is 1. The van der Waals surface area contributed by atoms with Crippen molar-refractivity contribution in [2.75, 3.05) is 6.54 Å². The average Bonchev–Trinajstić information content (AvgIpc) is 3.81. The fourth-order valence-electron chi connectivity index (χ4n) is 5.49. The van der Waals surface area contributed by atoms with E-state index in [4.69, 9.17) is 10.5 Å². The summed E-state index contributed by atoms with van der Waals surface area (Å²) in [6.07, 6.45) is 5.68. The topological polar surface area (TPSA) is 190 Å². The highest BCUT2D eigenvalue weighted by molar-refractivity contribution is 6.01. The maximum atomic E-state index is 13.6. The standard InChI is InChI=1S/C31H29F2N5O6.C4H6N2/c1-15-17-8-10-23(19(17)7-6-18(15)30(43)44-31(2,3)4)37-28(40)25-12-24(36-26-20(29(41)42)14-35-38(25)26)27(39)34-13-16-5-9-21(32)22(33)11-16;5-4-1-2-6-3-4/h5-7,9,11-12,14,23H,8,10,13H2,1-4H3,(H,34,39)(H,37,40)(H,41,42);1-2H,3,5H2/t23-;/m0./s1. The number of esters is 1. The van der Waals surface area contributed by atoms with Crippen molar-refractivity contribution in [3.63, 3.8) is 0 Å². The Kier molecular flexibility index (Phi) is 10.1. The van der Waals surface area contributed by atoms with Gasteiger partial charge in [-0.2, -0.15) is 5.10 Å². The summed E-state index contributed by atoms with van der Waals surface area (Å²) in [5.41, 5.74) is 7.72. The second kappa shape index (κ2) is 14.2. The van der Waals surface area contributed by atoms with Crippen LogP contribution in [0.4, 0.5) is 8.78 Å². The summed E-state index contributed by atoms with van der Waals surface area (Å²) in [6, 6.07) is 7.33. The number of fused-ring (bicyclic) bond motifs is 2. The molecule has 0 fully saturated rings. The zero-order chi connectivity index (χ0) is 36.3. The fourth-order valence-corrected chi connectivity index (χ4v) is 5.49. The number of nitrogens with one attached hydrogen (secondary N) is 2. The van der Waals surface area contributed by atoms with Crippen molar-refractivity contribution in [3.8, 4) is 0 Å². The van der Waals surface area contributed by atoms with Crippen LogP contribution in [0.15, 0.2) is 59.4 Å². The van der Waals surface area contributed by atoms with Crippen LogP contribution in [-0.2, 0) is 17.7 Å². The van der Waals surface area contributed by atoms with E-state index in [1.54, 1.807) is 45.2 Å². The van der Waals surface area contributed by atoms with Gasteiger partial charge < -0.3 is 26.2 Å². The molecule has 2 aliphatic rings. The van der Waals surface area contributed by atoms with E-state index in [1.165, 1.54) is 12.1 Å². The molecule has 1 aliphatic carbocycles. The van der Waals surface area contributed by atoms with E-state index in [2.05, 4.69) is 25.7 Å². The first-order chi connectivity index (χ1) is 23.6. The molecule has 0 saturated carbocycles. The lowest BCUT2D eigenvalue weighted by Crippen LogP contribution is -2.31. The number of benzene rings is 2. The van der Waals surface area contributed by atoms with Gasteiger partial charge in [-0.25, -0.2) is 27.9 Å². The van der Waals surface area contributed by atoms with E-state index in [0.717, 1.165) is 45.2 Å². The van der Waals surface area contributed by atoms with Crippen molar-refractivity contribution in [1.82, 2.24) is 25.2 Å². The molecule has 5 N–H and O–H groups in total. The summed E-state index contributed by atoms with van der Waals surface area (Å²) < 4.78 is 33.4. The molecular formula is C35H35F2N7O6. The van der Waals surface area contributed by atoms with E-state index in [1.807, 2.05) is 6.92 Å². The molecule has 1 atom stereocenters. The molecule has 0 radical (unpaired) electrons. The zero-order valence-electron chi connectivity index (χ0n) is 27.7. The predicted molar refractivity (Wildman–Crippen MR) is 178 cm³/mol. The lowest BCUT2D eigenvalue weighted by Gasteiger charge is -2.21. The van der Waals surface area contributed by atoms with Crippen LogP contribution in [-0.4, -0.2) is 61.8 Å². The van der Waals surface area contributed by atoms with Crippen LogP contribution >= 0.6 is 0 Å². The summed E-state index contributed by atoms with van der Waals surface area (Å²) in [4.78, 5) is 59.1. The fraction of sp³-hybridized carbons (Fsp3) is 0.286. The first-order valence-corrected chi connectivity index (χ1v) is 15.6. The van der Waals surface area contributed by atoms with Crippen molar-refractivity contribution >= 4 is 35.6 Å². The van der Waals surface area contributed by atoms with Crippen LogP contribution in [0.3, 0.4) is 0 Å². The first kappa shape index (κ1) is 35.3. The predicted octanol–water partition coefficient (Wildman–Crippen LogP) is 4.23. The number of nitrogens with two attached hydrogens (primary N) is 1. The molecule has 2 aromatic heterocycles. The van der Waals surface area contributed by atoms with Gasteiger partial charge in [0.25, 0.3) is 11.8 Å². The zero-order valence-corrected chi connectivity index (χ0v) is 27.7. The Hall–Kier alpha value is -5.99. The Morgan fingerprint density at radius 1 is 1.06 bits per heavy atom. The van der Waals surface area contributed by atoms with Crippen molar-refractivity contribution in [2.45, 2.75) is 58.7 Å². The molecule has 15 heteroatoms. The summed E-state index contributed by atoms with van der Waals surface area (Å²) in [6.45, 7) is 7.71. The maximum absolute atomic E-state index is 13.6. The van der Waals surface area contributed by atoms with Gasteiger partial charge in [0.2, 0.25) is 0 Å². The number of aromatic nitrogens is 3. The minimum absolute atomic E-state index is 0.143. The van der Waals surface area contributed by atoms with E-state index in [0.29, 0.717) is 24.9 Å². The van der Waals surface area contributed by atoms with E-state index < -0.39 is 47.0 Å². The lowest BCUT2D eigenvalue weighted by molar-refractivity contribution is 0.00681. The van der Waals surface area contributed by atoms with Gasteiger partial charge in [0.05, 0.1) is 24.3 Å². The van der Waals surface area contributed by atoms with Crippen LogP contribution in [0.1, 0.15) is 97.2 Å². The number of aromatic carboxylic acids is 1. The van der Waals surface area contributed by atoms with Gasteiger partial charge in [0.15, 0.2) is 17.3 Å². The third-order valence-electron chi connectivity index (χ3n) is 7.89. The average molecular weight is 688 g/mol. The van der Waals surface area contributed by atoms with Crippen LogP contribution in [0.5, 0.6) is 0 Å². The molecule has 2 aromatic carbocycles. The van der Waals surface area contributed by atoms with Crippen LogP contribution in [0, 0.1) is 18.6 Å². The third-order valence-corrected chi connectivity index (χ3v) is 7.89. The summed E-state index contributed by atoms with van der Waals surface area (Å²) in [7, 11) is 0. The SMILES string of the molecule is Cc1c(C(=O)OC(C)(C)C)ccc2c1CC[C@@H]2NC(=O)c1cc(C(=O)NCc2ccc(F)c(F)c2)nc2c(C(=O)O)cnn12.NC1=CC=NC1. The van der Waals surface area contributed by atoms with E-state index >= 15 is 0 Å². The van der Waals surface area contributed by atoms with Gasteiger partial charge in [-0.15, -0.1) is 0 Å². The van der Waals surface area contributed by atoms with Gasteiger partial charge in [-0.3, -0.25) is 14.6 Å². The lowest BCUT2D eigenvalue weighted by atomic mass is 9.97. The van der Waals surface area contributed by atoms with Crippen molar-refractivity contribution in [1.29, 1.82) is 0 Å². The molecule has 13 nitrogen and oxygen atoms in total. The number of halogens is 2. The van der Waals surface area contributed by atoms with Gasteiger partial charge in [0, 0.05) is 24.5 Å². The maximum Gasteiger partial charge on any atom is 0.341 e. The number of hydrogen-bond acceptors (Lipinski definition) is 9. The van der Waals surface area contributed by atoms with Crippen LogP contribution in [0.25, 0.3) is 5.65 Å². The number of ether oxygens (including phenoxy) is 1. The Bertz CT molecular complexity index is 2080. The number of carbonyl (C=O) groups excluding carboxylic acids is 3. The monoisotopic (exact) mass is 687 g/mol. The molecule has 0 spiro atoms. The number of carbonyl (C=O) groups is 4. The molecule has 2 amide bonds. The smallest absolute Gasteiger partial charge is 0.341 e. The minimum Gasteiger partial charge on any atom is -0.477 e. The largest absolute Gasteiger partial charge is 0.477 e. The van der Waals surface area contributed by atoms with Crippen LogP contribution in [0.2, 0.25) is 0 Å². The Labute approximate surface area is 285 Å². The molecule has 3 heterocycles. The minimum atomic E-state index is -1.36. The van der Waals surface area contributed by atoms with Gasteiger partial charge in [-0.1, -0.05) is 12.1 Å².